The lowest BCUT2D eigenvalue weighted by Crippen LogP contribution is -2.30. The van der Waals surface area contributed by atoms with E-state index in [0.29, 0.717) is 5.56 Å². The van der Waals surface area contributed by atoms with Crippen LogP contribution in [0.2, 0.25) is 10.0 Å². The minimum Gasteiger partial charge on any atom is -0.479 e. The van der Waals surface area contributed by atoms with Crippen LogP contribution >= 0.6 is 23.2 Å². The highest BCUT2D eigenvalue weighted by Crippen LogP contribution is 2.35. The van der Waals surface area contributed by atoms with E-state index in [9.17, 15) is 19.2 Å². The molecule has 0 atom stereocenters. The molecular weight excluding hydrogens is 479 g/mol. The zero-order valence-corrected chi connectivity index (χ0v) is 19.0. The highest BCUT2D eigenvalue weighted by molar-refractivity contribution is 6.37. The zero-order chi connectivity index (χ0) is 24.1. The SMILES string of the molecule is CCOC(=O)COc1c(Cl)cc(/C=C2\NC(=O)N(Cc3ccc(C(=O)OC)o3)C2=O)cc1Cl. The van der Waals surface area contributed by atoms with Gasteiger partial charge in [-0.25, -0.2) is 14.4 Å². The van der Waals surface area contributed by atoms with E-state index < -0.39 is 23.9 Å². The van der Waals surface area contributed by atoms with E-state index >= 15 is 0 Å². The highest BCUT2D eigenvalue weighted by atomic mass is 35.5. The van der Waals surface area contributed by atoms with Gasteiger partial charge in [0.2, 0.25) is 5.76 Å². The number of amides is 3. The van der Waals surface area contributed by atoms with Crippen molar-refractivity contribution in [3.05, 3.63) is 57.1 Å². The monoisotopic (exact) mass is 496 g/mol. The van der Waals surface area contributed by atoms with Crippen molar-refractivity contribution in [3.8, 4) is 5.75 Å². The maximum atomic E-state index is 12.7. The van der Waals surface area contributed by atoms with Crippen molar-refractivity contribution in [2.75, 3.05) is 20.3 Å². The number of hydrogen-bond donors (Lipinski definition) is 1. The second-order valence-corrected chi connectivity index (χ2v) is 7.36. The fourth-order valence-electron chi connectivity index (χ4n) is 2.85. The maximum Gasteiger partial charge on any atom is 0.373 e. The van der Waals surface area contributed by atoms with Gasteiger partial charge in [0.15, 0.2) is 12.4 Å². The topological polar surface area (TPSA) is 124 Å². The Morgan fingerprint density at radius 3 is 2.52 bits per heavy atom. The number of nitrogens with zero attached hydrogens (tertiary/aromatic N) is 1. The number of urea groups is 1. The number of esters is 2. The molecule has 0 saturated carbocycles. The number of ether oxygens (including phenoxy) is 3. The number of halogens is 2. The molecule has 12 heteroatoms. The molecule has 0 radical (unpaired) electrons. The van der Waals surface area contributed by atoms with Crippen LogP contribution in [-0.2, 0) is 25.6 Å². The first-order valence-corrected chi connectivity index (χ1v) is 10.3. The number of carbonyl (C=O) groups is 4. The molecule has 0 aliphatic carbocycles. The molecule has 10 nitrogen and oxygen atoms in total. The van der Waals surface area contributed by atoms with Gasteiger partial charge >= 0.3 is 18.0 Å². The molecule has 3 amide bonds. The van der Waals surface area contributed by atoms with Crippen LogP contribution in [0.5, 0.6) is 5.75 Å². The molecule has 0 unspecified atom stereocenters. The number of carbonyl (C=O) groups excluding carboxylic acids is 4. The maximum absolute atomic E-state index is 12.7. The summed E-state index contributed by atoms with van der Waals surface area (Å²) in [5.41, 5.74) is 0.386. The molecule has 1 aromatic carbocycles. The van der Waals surface area contributed by atoms with Crippen LogP contribution in [0.4, 0.5) is 4.79 Å². The summed E-state index contributed by atoms with van der Waals surface area (Å²) in [4.78, 5) is 48.8. The Hall–Kier alpha value is -3.50. The Morgan fingerprint density at radius 2 is 1.88 bits per heavy atom. The molecule has 1 N–H and O–H groups in total. The molecule has 1 aliphatic rings. The Kier molecular flexibility index (Phi) is 7.62. The van der Waals surface area contributed by atoms with Gasteiger partial charge in [-0.1, -0.05) is 23.2 Å². The molecule has 1 aromatic heterocycles. The lowest BCUT2D eigenvalue weighted by Gasteiger charge is -2.10. The van der Waals surface area contributed by atoms with Crippen molar-refractivity contribution < 1.29 is 37.8 Å². The number of nitrogens with one attached hydrogen (secondary N) is 1. The van der Waals surface area contributed by atoms with Gasteiger partial charge < -0.3 is 23.9 Å². The standard InChI is InChI=1S/C21H18Cl2N2O8/c1-3-31-17(26)10-32-18-13(22)6-11(7-14(18)23)8-15-19(27)25(21(29)24-15)9-12-4-5-16(33-12)20(28)30-2/h4-8H,3,9-10H2,1-2H3,(H,24,29)/b15-8-. The summed E-state index contributed by atoms with van der Waals surface area (Å²) in [6, 6.07) is 5.08. The van der Waals surface area contributed by atoms with E-state index in [4.69, 9.17) is 37.1 Å². The van der Waals surface area contributed by atoms with E-state index in [1.807, 2.05) is 0 Å². The molecule has 1 fully saturated rings. The average molecular weight is 497 g/mol. The average Bonchev–Trinajstić information content (AvgIpc) is 3.33. The third-order valence-electron chi connectivity index (χ3n) is 4.30. The smallest absolute Gasteiger partial charge is 0.373 e. The summed E-state index contributed by atoms with van der Waals surface area (Å²) in [5, 5.41) is 2.65. The normalized spacial score (nSPS) is 14.4. The first-order chi connectivity index (χ1) is 15.7. The molecule has 174 valence electrons. The van der Waals surface area contributed by atoms with Crippen LogP contribution in [0.3, 0.4) is 0 Å². The van der Waals surface area contributed by atoms with Crippen molar-refractivity contribution >= 4 is 53.2 Å². The first kappa shape index (κ1) is 24.1. The minimum absolute atomic E-state index is 0.0212. The van der Waals surface area contributed by atoms with Gasteiger partial charge in [-0.15, -0.1) is 0 Å². The van der Waals surface area contributed by atoms with Gasteiger partial charge in [-0.05, 0) is 42.8 Å². The molecule has 0 spiro atoms. The number of imide groups is 1. The number of furan rings is 1. The van der Waals surface area contributed by atoms with Gasteiger partial charge in [0.1, 0.15) is 11.5 Å². The number of hydrogen-bond acceptors (Lipinski definition) is 8. The lowest BCUT2D eigenvalue weighted by atomic mass is 10.1. The molecular formula is C21H18Cl2N2O8. The third kappa shape index (κ3) is 5.65. The van der Waals surface area contributed by atoms with Crippen LogP contribution in [-0.4, -0.2) is 49.1 Å². The summed E-state index contributed by atoms with van der Waals surface area (Å²) in [5.74, 6) is -1.63. The van der Waals surface area contributed by atoms with Crippen LogP contribution in [0.25, 0.3) is 6.08 Å². The van der Waals surface area contributed by atoms with Crippen molar-refractivity contribution in [1.82, 2.24) is 10.2 Å². The number of rotatable bonds is 8. The van der Waals surface area contributed by atoms with E-state index in [1.54, 1.807) is 6.92 Å². The van der Waals surface area contributed by atoms with Crippen LogP contribution in [0.1, 0.15) is 28.8 Å². The molecule has 0 bridgehead atoms. The summed E-state index contributed by atoms with van der Waals surface area (Å²) >= 11 is 12.4. The van der Waals surface area contributed by atoms with Gasteiger partial charge in [-0.2, -0.15) is 0 Å². The molecule has 1 saturated heterocycles. The minimum atomic E-state index is -0.678. The molecule has 3 rings (SSSR count). The predicted molar refractivity (Wildman–Crippen MR) is 116 cm³/mol. The van der Waals surface area contributed by atoms with Gasteiger partial charge in [0.25, 0.3) is 5.91 Å². The van der Waals surface area contributed by atoms with Crippen LogP contribution < -0.4 is 10.1 Å². The Bertz CT molecular complexity index is 1120. The van der Waals surface area contributed by atoms with Gasteiger partial charge in [0, 0.05) is 0 Å². The fourth-order valence-corrected chi connectivity index (χ4v) is 3.46. The highest BCUT2D eigenvalue weighted by Gasteiger charge is 2.34. The quantitative estimate of drug-likeness (QED) is 0.334. The van der Waals surface area contributed by atoms with Gasteiger partial charge in [0.05, 0.1) is 30.3 Å². The second kappa shape index (κ2) is 10.4. The van der Waals surface area contributed by atoms with E-state index in [0.717, 1.165) is 4.90 Å². The Morgan fingerprint density at radius 1 is 1.18 bits per heavy atom. The third-order valence-corrected chi connectivity index (χ3v) is 4.86. The summed E-state index contributed by atoms with van der Waals surface area (Å²) in [7, 11) is 1.20. The van der Waals surface area contributed by atoms with Crippen LogP contribution in [0.15, 0.2) is 34.4 Å². The van der Waals surface area contributed by atoms with Crippen molar-refractivity contribution in [1.29, 1.82) is 0 Å². The van der Waals surface area contributed by atoms with Crippen LogP contribution in [0, 0.1) is 0 Å². The summed E-state index contributed by atoms with van der Waals surface area (Å²) in [6.45, 7) is 1.31. The van der Waals surface area contributed by atoms with E-state index in [1.165, 1.54) is 37.5 Å². The zero-order valence-electron chi connectivity index (χ0n) is 17.5. The number of methoxy groups -OCH3 is 1. The molecule has 1 aliphatic heterocycles. The molecule has 33 heavy (non-hydrogen) atoms. The van der Waals surface area contributed by atoms with Crippen molar-refractivity contribution in [2.24, 2.45) is 0 Å². The van der Waals surface area contributed by atoms with Crippen molar-refractivity contribution in [3.63, 3.8) is 0 Å². The van der Waals surface area contributed by atoms with Gasteiger partial charge in [-0.3, -0.25) is 9.69 Å². The summed E-state index contributed by atoms with van der Waals surface area (Å²) < 4.78 is 19.9. The van der Waals surface area contributed by atoms with E-state index in [2.05, 4.69) is 10.1 Å². The number of benzene rings is 1. The second-order valence-electron chi connectivity index (χ2n) is 6.54. The Balaban J connectivity index is 1.74. The largest absolute Gasteiger partial charge is 0.479 e. The molecule has 2 heterocycles. The Labute approximate surface area is 198 Å². The summed E-state index contributed by atoms with van der Waals surface area (Å²) in [6.07, 6.45) is 1.38. The van der Waals surface area contributed by atoms with Crippen molar-refractivity contribution in [2.45, 2.75) is 13.5 Å². The molecule has 2 aromatic rings. The lowest BCUT2D eigenvalue weighted by molar-refractivity contribution is -0.145. The van der Waals surface area contributed by atoms with E-state index in [-0.39, 0.29) is 52.8 Å². The predicted octanol–water partition coefficient (Wildman–Crippen LogP) is 3.41. The first-order valence-electron chi connectivity index (χ1n) is 9.52. The fraction of sp³-hybridized carbons (Fsp3) is 0.238.